The monoisotopic (exact) mass is 373 g/mol. The highest BCUT2D eigenvalue weighted by Crippen LogP contribution is 2.22. The maximum Gasteiger partial charge on any atom is 0.224 e. The summed E-state index contributed by atoms with van der Waals surface area (Å²) in [5.41, 5.74) is 1.53. The first-order valence-electron chi connectivity index (χ1n) is 10.9. The summed E-state index contributed by atoms with van der Waals surface area (Å²) in [6.45, 7) is 5.95. The quantitative estimate of drug-likeness (QED) is 0.184. The largest absolute Gasteiger partial charge is 0.508 e. The molecule has 2 N–H and O–H groups in total. The van der Waals surface area contributed by atoms with Gasteiger partial charge in [-0.05, 0) is 36.6 Å². The second-order valence-corrected chi connectivity index (χ2v) is 7.52. The van der Waals surface area contributed by atoms with Crippen molar-refractivity contribution in [1.29, 1.82) is 0 Å². The van der Waals surface area contributed by atoms with Crippen LogP contribution in [0.4, 0.5) is 5.69 Å². The highest BCUT2D eigenvalue weighted by atomic mass is 16.3. The summed E-state index contributed by atoms with van der Waals surface area (Å²) in [5.74, 6) is 0.297. The van der Waals surface area contributed by atoms with Gasteiger partial charge in [-0.25, -0.2) is 0 Å². The highest BCUT2D eigenvalue weighted by Gasteiger charge is 2.05. The molecule has 3 nitrogen and oxygen atoms in total. The summed E-state index contributed by atoms with van der Waals surface area (Å²) in [7, 11) is 0. The van der Waals surface area contributed by atoms with Crippen molar-refractivity contribution in [3.05, 3.63) is 36.4 Å². The first kappa shape index (κ1) is 23.3. The van der Waals surface area contributed by atoms with Crippen LogP contribution in [0.1, 0.15) is 96.0 Å². The Hall–Kier alpha value is -1.77. The van der Waals surface area contributed by atoms with Gasteiger partial charge in [-0.3, -0.25) is 4.79 Å². The number of hydrogen-bond acceptors (Lipinski definition) is 2. The number of rotatable bonds is 16. The van der Waals surface area contributed by atoms with Gasteiger partial charge in [0, 0.05) is 12.1 Å². The second-order valence-electron chi connectivity index (χ2n) is 7.52. The Morgan fingerprint density at radius 2 is 1.52 bits per heavy atom. The number of carbonyl (C=O) groups is 1. The number of benzene rings is 1. The zero-order chi connectivity index (χ0) is 19.7. The lowest BCUT2D eigenvalue weighted by Crippen LogP contribution is -2.11. The lowest BCUT2D eigenvalue weighted by atomic mass is 10.0. The van der Waals surface area contributed by atoms with E-state index in [4.69, 9.17) is 0 Å². The van der Waals surface area contributed by atoms with E-state index >= 15 is 0 Å². The van der Waals surface area contributed by atoms with E-state index in [1.54, 1.807) is 18.2 Å². The van der Waals surface area contributed by atoms with Gasteiger partial charge < -0.3 is 10.4 Å². The van der Waals surface area contributed by atoms with E-state index < -0.39 is 0 Å². The van der Waals surface area contributed by atoms with E-state index in [1.165, 1.54) is 64.2 Å². The van der Waals surface area contributed by atoms with Crippen LogP contribution in [0.15, 0.2) is 30.9 Å². The molecule has 1 aromatic carbocycles. The van der Waals surface area contributed by atoms with Gasteiger partial charge in [0.15, 0.2) is 0 Å². The third-order valence-corrected chi connectivity index (χ3v) is 4.98. The molecule has 0 saturated carbocycles. The molecule has 0 aliphatic heterocycles. The molecular weight excluding hydrogens is 334 g/mol. The number of phenols is 1. The van der Waals surface area contributed by atoms with Crippen molar-refractivity contribution in [1.82, 2.24) is 0 Å². The summed E-state index contributed by atoms with van der Waals surface area (Å²) in [5, 5.41) is 12.7. The number of allylic oxidation sites excluding steroid dienone is 1. The van der Waals surface area contributed by atoms with E-state index in [9.17, 15) is 9.90 Å². The standard InChI is InChI=1S/C24H39NO2/c1-3-5-6-7-8-9-10-11-12-13-14-15-17-24(27)25-22-18-19-23(26)21(20-22)16-4-2/h4,18-20,26H,2-3,5-17H2,1H3,(H,25,27). The lowest BCUT2D eigenvalue weighted by molar-refractivity contribution is -0.116. The Labute approximate surface area is 166 Å². The predicted molar refractivity (Wildman–Crippen MR) is 116 cm³/mol. The molecule has 27 heavy (non-hydrogen) atoms. The third kappa shape index (κ3) is 11.5. The number of anilines is 1. The summed E-state index contributed by atoms with van der Waals surface area (Å²) in [4.78, 5) is 12.1. The molecule has 0 unspecified atom stereocenters. The SMILES string of the molecule is C=CCc1cc(NC(=O)CCCCCCCCCCCCCC)ccc1O. The fraction of sp³-hybridized carbons (Fsp3) is 0.625. The van der Waals surface area contributed by atoms with Crippen LogP contribution in [0.25, 0.3) is 0 Å². The van der Waals surface area contributed by atoms with E-state index in [0.717, 1.165) is 24.1 Å². The first-order valence-corrected chi connectivity index (χ1v) is 10.9. The Kier molecular flexibility index (Phi) is 13.2. The summed E-state index contributed by atoms with van der Waals surface area (Å²) < 4.78 is 0. The van der Waals surface area contributed by atoms with Crippen LogP contribution in [0.3, 0.4) is 0 Å². The molecular formula is C24H39NO2. The summed E-state index contributed by atoms with van der Waals surface area (Å²) in [6, 6.07) is 5.18. The Balaban J connectivity index is 2.03. The van der Waals surface area contributed by atoms with Crippen molar-refractivity contribution in [2.24, 2.45) is 0 Å². The lowest BCUT2D eigenvalue weighted by Gasteiger charge is -2.08. The number of carbonyl (C=O) groups excluding carboxylic acids is 1. The minimum atomic E-state index is 0.0531. The number of phenolic OH excluding ortho intramolecular Hbond substituents is 1. The zero-order valence-corrected chi connectivity index (χ0v) is 17.3. The smallest absolute Gasteiger partial charge is 0.224 e. The first-order chi connectivity index (χ1) is 13.2. The van der Waals surface area contributed by atoms with Crippen LogP contribution in [-0.4, -0.2) is 11.0 Å². The van der Waals surface area contributed by atoms with Crippen LogP contribution >= 0.6 is 0 Å². The van der Waals surface area contributed by atoms with E-state index in [2.05, 4.69) is 18.8 Å². The second kappa shape index (κ2) is 15.3. The molecule has 0 bridgehead atoms. The molecule has 0 atom stereocenters. The fourth-order valence-corrected chi connectivity index (χ4v) is 3.33. The molecule has 0 fully saturated rings. The minimum absolute atomic E-state index is 0.0531. The van der Waals surface area contributed by atoms with Gasteiger partial charge in [-0.2, -0.15) is 0 Å². The number of unbranched alkanes of at least 4 members (excludes halogenated alkanes) is 11. The Morgan fingerprint density at radius 3 is 2.07 bits per heavy atom. The zero-order valence-electron chi connectivity index (χ0n) is 17.3. The van der Waals surface area contributed by atoms with Crippen LogP contribution < -0.4 is 5.32 Å². The number of nitrogens with one attached hydrogen (secondary N) is 1. The molecule has 3 heteroatoms. The van der Waals surface area contributed by atoms with Gasteiger partial charge in [0.2, 0.25) is 5.91 Å². The van der Waals surface area contributed by atoms with Gasteiger partial charge >= 0.3 is 0 Å². The Morgan fingerprint density at radius 1 is 0.963 bits per heavy atom. The molecule has 0 radical (unpaired) electrons. The van der Waals surface area contributed by atoms with Crippen molar-refractivity contribution in [2.75, 3.05) is 5.32 Å². The molecule has 0 aromatic heterocycles. The molecule has 152 valence electrons. The van der Waals surface area contributed by atoms with Crippen molar-refractivity contribution in [3.8, 4) is 5.75 Å². The highest BCUT2D eigenvalue weighted by molar-refractivity contribution is 5.90. The van der Waals surface area contributed by atoms with Crippen LogP contribution in [-0.2, 0) is 11.2 Å². The topological polar surface area (TPSA) is 49.3 Å². The molecule has 1 aromatic rings. The average molecular weight is 374 g/mol. The summed E-state index contributed by atoms with van der Waals surface area (Å²) in [6.07, 6.45) is 18.5. The van der Waals surface area contributed by atoms with Crippen molar-refractivity contribution >= 4 is 11.6 Å². The van der Waals surface area contributed by atoms with E-state index in [1.807, 2.05) is 6.07 Å². The third-order valence-electron chi connectivity index (χ3n) is 4.98. The molecule has 1 amide bonds. The van der Waals surface area contributed by atoms with Crippen molar-refractivity contribution in [2.45, 2.75) is 96.8 Å². The number of hydrogen-bond donors (Lipinski definition) is 2. The van der Waals surface area contributed by atoms with Gasteiger partial charge in [0.1, 0.15) is 5.75 Å². The maximum atomic E-state index is 12.1. The van der Waals surface area contributed by atoms with E-state index in [0.29, 0.717) is 12.8 Å². The molecule has 0 spiro atoms. The maximum absolute atomic E-state index is 12.1. The number of amides is 1. The Bertz CT molecular complexity index is 539. The van der Waals surface area contributed by atoms with Gasteiger partial charge in [-0.15, -0.1) is 6.58 Å². The summed E-state index contributed by atoms with van der Waals surface area (Å²) >= 11 is 0. The molecule has 0 saturated heterocycles. The number of aromatic hydroxyl groups is 1. The molecule has 0 aliphatic rings. The van der Waals surface area contributed by atoms with E-state index in [-0.39, 0.29) is 11.7 Å². The minimum Gasteiger partial charge on any atom is -0.508 e. The van der Waals surface area contributed by atoms with Gasteiger partial charge in [-0.1, -0.05) is 83.6 Å². The van der Waals surface area contributed by atoms with Gasteiger partial charge in [0.05, 0.1) is 0 Å². The predicted octanol–water partition coefficient (Wildman–Crippen LogP) is 7.15. The molecule has 1 rings (SSSR count). The molecule has 0 heterocycles. The average Bonchev–Trinajstić information content (AvgIpc) is 2.65. The van der Waals surface area contributed by atoms with Crippen molar-refractivity contribution < 1.29 is 9.90 Å². The van der Waals surface area contributed by atoms with Gasteiger partial charge in [0.25, 0.3) is 0 Å². The van der Waals surface area contributed by atoms with Crippen LogP contribution in [0, 0.1) is 0 Å². The van der Waals surface area contributed by atoms with Crippen LogP contribution in [0.2, 0.25) is 0 Å². The van der Waals surface area contributed by atoms with Crippen LogP contribution in [0.5, 0.6) is 5.75 Å². The van der Waals surface area contributed by atoms with Crippen molar-refractivity contribution in [3.63, 3.8) is 0 Å². The fourth-order valence-electron chi connectivity index (χ4n) is 3.33. The normalized spacial score (nSPS) is 10.7. The molecule has 0 aliphatic carbocycles.